The number of hydrogen-bond donors (Lipinski definition) is 2. The zero-order chi connectivity index (χ0) is 20.8. The minimum Gasteiger partial charge on any atom is -0.493 e. The maximum atomic E-state index is 6.27. The molecule has 0 spiro atoms. The van der Waals surface area contributed by atoms with E-state index in [1.54, 1.807) is 0 Å². The van der Waals surface area contributed by atoms with Gasteiger partial charge in [-0.1, -0.05) is 61.7 Å². The van der Waals surface area contributed by atoms with E-state index in [1.165, 1.54) is 43.2 Å². The van der Waals surface area contributed by atoms with Crippen LogP contribution in [0.25, 0.3) is 0 Å². The molecule has 2 aliphatic rings. The minimum atomic E-state index is 0.145. The molecule has 1 heterocycles. The van der Waals surface area contributed by atoms with Gasteiger partial charge >= 0.3 is 0 Å². The van der Waals surface area contributed by atoms with Crippen LogP contribution in [0.2, 0.25) is 0 Å². The van der Waals surface area contributed by atoms with Crippen LogP contribution in [0.15, 0.2) is 53.5 Å². The lowest BCUT2D eigenvalue weighted by atomic mass is 9.94. The SMILES string of the molecule is CN(Cc1ccccc1CN=C(N)NC1CCOc2ccccc21)C1CCCCC1. The highest BCUT2D eigenvalue weighted by atomic mass is 16.5. The largest absolute Gasteiger partial charge is 0.493 e. The summed E-state index contributed by atoms with van der Waals surface area (Å²) in [4.78, 5) is 7.18. The van der Waals surface area contributed by atoms with Gasteiger partial charge in [-0.15, -0.1) is 0 Å². The summed E-state index contributed by atoms with van der Waals surface area (Å²) in [7, 11) is 2.26. The Morgan fingerprint density at radius 3 is 2.60 bits per heavy atom. The summed E-state index contributed by atoms with van der Waals surface area (Å²) in [6.07, 6.45) is 7.63. The van der Waals surface area contributed by atoms with Crippen molar-refractivity contribution in [3.8, 4) is 5.75 Å². The summed E-state index contributed by atoms with van der Waals surface area (Å²) in [6.45, 7) is 2.26. The number of aliphatic imine (C=N–C) groups is 1. The summed E-state index contributed by atoms with van der Waals surface area (Å²) in [5, 5.41) is 3.39. The summed E-state index contributed by atoms with van der Waals surface area (Å²) < 4.78 is 5.74. The van der Waals surface area contributed by atoms with Crippen LogP contribution >= 0.6 is 0 Å². The number of rotatable bonds is 6. The molecule has 2 aromatic carbocycles. The molecule has 0 aromatic heterocycles. The van der Waals surface area contributed by atoms with Crippen molar-refractivity contribution in [3.05, 3.63) is 65.2 Å². The lowest BCUT2D eigenvalue weighted by molar-refractivity contribution is 0.184. The van der Waals surface area contributed by atoms with Gasteiger partial charge in [0.2, 0.25) is 0 Å². The molecule has 2 aromatic rings. The van der Waals surface area contributed by atoms with Crippen molar-refractivity contribution in [1.29, 1.82) is 0 Å². The molecule has 1 aliphatic carbocycles. The Bertz CT molecular complexity index is 860. The fraction of sp³-hybridized carbons (Fsp3) is 0.480. The van der Waals surface area contributed by atoms with Crippen molar-refractivity contribution in [1.82, 2.24) is 10.2 Å². The second kappa shape index (κ2) is 9.98. The third-order valence-corrected chi connectivity index (χ3v) is 6.44. The van der Waals surface area contributed by atoms with E-state index in [9.17, 15) is 0 Å². The van der Waals surface area contributed by atoms with E-state index in [-0.39, 0.29) is 6.04 Å². The monoisotopic (exact) mass is 406 g/mol. The van der Waals surface area contributed by atoms with Crippen molar-refractivity contribution in [2.45, 2.75) is 63.7 Å². The lowest BCUT2D eigenvalue weighted by Gasteiger charge is -2.31. The molecule has 3 N–H and O–H groups in total. The number of nitrogens with two attached hydrogens (primary N) is 1. The fourth-order valence-electron chi connectivity index (χ4n) is 4.67. The molecular formula is C25H34N4O. The van der Waals surface area contributed by atoms with E-state index in [0.29, 0.717) is 25.2 Å². The molecular weight excluding hydrogens is 372 g/mol. The van der Waals surface area contributed by atoms with Crippen LogP contribution < -0.4 is 15.8 Å². The number of benzene rings is 2. The molecule has 1 fully saturated rings. The van der Waals surface area contributed by atoms with Crippen LogP contribution in [0, 0.1) is 0 Å². The first-order valence-electron chi connectivity index (χ1n) is 11.3. The highest BCUT2D eigenvalue weighted by molar-refractivity contribution is 5.78. The standard InChI is InChI=1S/C25H34N4O/c1-29(21-11-3-2-4-12-21)18-20-10-6-5-9-19(20)17-27-25(26)28-23-15-16-30-24-14-8-7-13-22(23)24/h5-10,13-14,21,23H,2-4,11-12,15-18H2,1H3,(H3,26,27,28). The zero-order valence-corrected chi connectivity index (χ0v) is 18.0. The van der Waals surface area contributed by atoms with Gasteiger partial charge in [0, 0.05) is 24.6 Å². The van der Waals surface area contributed by atoms with Crippen LogP contribution in [-0.4, -0.2) is 30.6 Å². The molecule has 4 rings (SSSR count). The Morgan fingerprint density at radius 2 is 1.77 bits per heavy atom. The third-order valence-electron chi connectivity index (χ3n) is 6.44. The Balaban J connectivity index is 1.39. The maximum absolute atomic E-state index is 6.27. The zero-order valence-electron chi connectivity index (χ0n) is 18.0. The number of hydrogen-bond acceptors (Lipinski definition) is 3. The summed E-state index contributed by atoms with van der Waals surface area (Å²) in [6, 6.07) is 17.6. The Labute approximate surface area is 180 Å². The van der Waals surface area contributed by atoms with Gasteiger partial charge in [0.1, 0.15) is 5.75 Å². The van der Waals surface area contributed by atoms with Crippen molar-refractivity contribution in [2.75, 3.05) is 13.7 Å². The minimum absolute atomic E-state index is 0.145. The second-order valence-corrected chi connectivity index (χ2v) is 8.55. The number of guanidine groups is 1. The molecule has 160 valence electrons. The molecule has 1 saturated carbocycles. The molecule has 5 heteroatoms. The van der Waals surface area contributed by atoms with E-state index in [2.05, 4.69) is 52.6 Å². The number of nitrogens with zero attached hydrogens (tertiary/aromatic N) is 2. The number of para-hydroxylation sites is 1. The van der Waals surface area contributed by atoms with Gasteiger partial charge in [-0.2, -0.15) is 0 Å². The summed E-state index contributed by atoms with van der Waals surface area (Å²) in [5.74, 6) is 1.43. The number of ether oxygens (including phenoxy) is 1. The summed E-state index contributed by atoms with van der Waals surface area (Å²) >= 11 is 0. The highest BCUT2D eigenvalue weighted by Crippen LogP contribution is 2.31. The van der Waals surface area contributed by atoms with Crippen LogP contribution in [0.3, 0.4) is 0 Å². The molecule has 0 radical (unpaired) electrons. The molecule has 5 nitrogen and oxygen atoms in total. The van der Waals surface area contributed by atoms with E-state index < -0.39 is 0 Å². The topological polar surface area (TPSA) is 62.9 Å². The van der Waals surface area contributed by atoms with Crippen LogP contribution in [-0.2, 0) is 13.1 Å². The number of nitrogens with one attached hydrogen (secondary N) is 1. The van der Waals surface area contributed by atoms with Gasteiger partial charge < -0.3 is 15.8 Å². The van der Waals surface area contributed by atoms with Crippen molar-refractivity contribution >= 4 is 5.96 Å². The van der Waals surface area contributed by atoms with Gasteiger partial charge in [-0.25, -0.2) is 4.99 Å². The van der Waals surface area contributed by atoms with Crippen molar-refractivity contribution in [2.24, 2.45) is 10.7 Å². The van der Waals surface area contributed by atoms with E-state index in [1.807, 2.05) is 18.2 Å². The Morgan fingerprint density at radius 1 is 1.03 bits per heavy atom. The second-order valence-electron chi connectivity index (χ2n) is 8.55. The first-order chi connectivity index (χ1) is 14.7. The van der Waals surface area contributed by atoms with Gasteiger partial charge in [-0.3, -0.25) is 4.90 Å². The summed E-state index contributed by atoms with van der Waals surface area (Å²) in [5.41, 5.74) is 10.0. The Hall–Kier alpha value is -2.53. The first kappa shape index (κ1) is 20.7. The molecule has 1 unspecified atom stereocenters. The molecule has 1 atom stereocenters. The highest BCUT2D eigenvalue weighted by Gasteiger charge is 2.21. The average molecular weight is 407 g/mol. The number of fused-ring (bicyclic) bond motifs is 1. The molecule has 0 amide bonds. The smallest absolute Gasteiger partial charge is 0.189 e. The van der Waals surface area contributed by atoms with Crippen LogP contribution in [0.1, 0.15) is 61.3 Å². The van der Waals surface area contributed by atoms with Gasteiger partial charge in [0.25, 0.3) is 0 Å². The van der Waals surface area contributed by atoms with Crippen molar-refractivity contribution in [3.63, 3.8) is 0 Å². The van der Waals surface area contributed by atoms with Crippen molar-refractivity contribution < 1.29 is 4.74 Å². The molecule has 30 heavy (non-hydrogen) atoms. The van der Waals surface area contributed by atoms with Crippen LogP contribution in [0.4, 0.5) is 0 Å². The quantitative estimate of drug-likeness (QED) is 0.552. The molecule has 1 aliphatic heterocycles. The Kier molecular flexibility index (Phi) is 6.90. The van der Waals surface area contributed by atoms with Crippen LogP contribution in [0.5, 0.6) is 5.75 Å². The van der Waals surface area contributed by atoms with E-state index >= 15 is 0 Å². The lowest BCUT2D eigenvalue weighted by Crippen LogP contribution is -2.37. The predicted octanol–water partition coefficient (Wildman–Crippen LogP) is 4.38. The third kappa shape index (κ3) is 5.14. The molecule has 0 saturated heterocycles. The van der Waals surface area contributed by atoms with Gasteiger partial charge in [-0.05, 0) is 37.1 Å². The average Bonchev–Trinajstić information content (AvgIpc) is 2.79. The normalized spacial score (nSPS) is 19.9. The van der Waals surface area contributed by atoms with Gasteiger partial charge in [0.05, 0.1) is 19.2 Å². The van der Waals surface area contributed by atoms with Gasteiger partial charge in [0.15, 0.2) is 5.96 Å². The predicted molar refractivity (Wildman–Crippen MR) is 123 cm³/mol. The van der Waals surface area contributed by atoms with E-state index in [4.69, 9.17) is 10.5 Å². The van der Waals surface area contributed by atoms with E-state index in [0.717, 1.165) is 24.3 Å². The first-order valence-corrected chi connectivity index (χ1v) is 11.3. The maximum Gasteiger partial charge on any atom is 0.189 e. The fourth-order valence-corrected chi connectivity index (χ4v) is 4.67. The molecule has 0 bridgehead atoms.